The molecule has 0 unspecified atom stereocenters. The number of amides is 1. The first-order valence-corrected chi connectivity index (χ1v) is 7.18. The van der Waals surface area contributed by atoms with E-state index in [0.29, 0.717) is 12.1 Å². The fourth-order valence-corrected chi connectivity index (χ4v) is 2.64. The molecule has 0 atom stereocenters. The predicted molar refractivity (Wildman–Crippen MR) is 84.9 cm³/mol. The average molecular weight is 296 g/mol. The second kappa shape index (κ2) is 6.02. The topological polar surface area (TPSA) is 34.0 Å². The SMILES string of the molecule is Cn1cc(CNC(=O)Cc2ccccc2F)c2ccccc21. The van der Waals surface area contributed by atoms with E-state index in [1.807, 2.05) is 42.1 Å². The van der Waals surface area contributed by atoms with Crippen LogP contribution in [0.25, 0.3) is 10.9 Å². The minimum absolute atomic E-state index is 0.0530. The number of aryl methyl sites for hydroxylation is 1. The Hall–Kier alpha value is -2.62. The lowest BCUT2D eigenvalue weighted by atomic mass is 10.1. The summed E-state index contributed by atoms with van der Waals surface area (Å²) in [5, 5.41) is 3.98. The van der Waals surface area contributed by atoms with E-state index in [9.17, 15) is 9.18 Å². The highest BCUT2D eigenvalue weighted by molar-refractivity contribution is 5.85. The van der Waals surface area contributed by atoms with Crippen LogP contribution in [-0.2, 0) is 24.8 Å². The lowest BCUT2D eigenvalue weighted by molar-refractivity contribution is -0.120. The van der Waals surface area contributed by atoms with Gasteiger partial charge in [-0.05, 0) is 23.3 Å². The first kappa shape index (κ1) is 14.3. The maximum Gasteiger partial charge on any atom is 0.224 e. The minimum atomic E-state index is -0.345. The zero-order chi connectivity index (χ0) is 15.5. The number of nitrogens with one attached hydrogen (secondary N) is 1. The van der Waals surface area contributed by atoms with Crippen molar-refractivity contribution in [3.05, 3.63) is 71.7 Å². The van der Waals surface area contributed by atoms with Crippen molar-refractivity contribution in [2.45, 2.75) is 13.0 Å². The number of hydrogen-bond acceptors (Lipinski definition) is 1. The molecule has 0 saturated heterocycles. The molecule has 0 fully saturated rings. The number of benzene rings is 2. The highest BCUT2D eigenvalue weighted by atomic mass is 19.1. The Bertz CT molecular complexity index is 823. The van der Waals surface area contributed by atoms with Crippen LogP contribution in [0.3, 0.4) is 0 Å². The van der Waals surface area contributed by atoms with Gasteiger partial charge < -0.3 is 9.88 Å². The molecule has 3 nitrogen and oxygen atoms in total. The van der Waals surface area contributed by atoms with Crippen LogP contribution in [0.2, 0.25) is 0 Å². The smallest absolute Gasteiger partial charge is 0.224 e. The third-order valence-corrected chi connectivity index (χ3v) is 3.76. The van der Waals surface area contributed by atoms with Gasteiger partial charge in [0, 0.05) is 30.7 Å². The number of para-hydroxylation sites is 1. The number of nitrogens with zero attached hydrogens (tertiary/aromatic N) is 1. The van der Waals surface area contributed by atoms with Crippen molar-refractivity contribution >= 4 is 16.8 Å². The molecule has 0 aliphatic rings. The maximum atomic E-state index is 13.5. The average Bonchev–Trinajstić information content (AvgIpc) is 2.85. The van der Waals surface area contributed by atoms with Crippen LogP contribution in [0.15, 0.2) is 54.7 Å². The second-order valence-electron chi connectivity index (χ2n) is 5.33. The van der Waals surface area contributed by atoms with Crippen molar-refractivity contribution in [2.75, 3.05) is 0 Å². The fourth-order valence-electron chi connectivity index (χ4n) is 2.64. The summed E-state index contributed by atoms with van der Waals surface area (Å²) in [6, 6.07) is 14.4. The second-order valence-corrected chi connectivity index (χ2v) is 5.33. The molecule has 0 aliphatic carbocycles. The quantitative estimate of drug-likeness (QED) is 0.788. The third-order valence-electron chi connectivity index (χ3n) is 3.76. The number of carbonyl (C=O) groups excluding carboxylic acids is 1. The molecule has 112 valence electrons. The summed E-state index contributed by atoms with van der Waals surface area (Å²) in [6.45, 7) is 0.439. The molecule has 3 aromatic rings. The van der Waals surface area contributed by atoms with Crippen molar-refractivity contribution in [2.24, 2.45) is 7.05 Å². The molecule has 1 aromatic heterocycles. The first-order chi connectivity index (χ1) is 10.6. The van der Waals surface area contributed by atoms with E-state index in [4.69, 9.17) is 0 Å². The summed E-state index contributed by atoms with van der Waals surface area (Å²) in [5.41, 5.74) is 2.60. The van der Waals surface area contributed by atoms with Crippen LogP contribution in [0.4, 0.5) is 4.39 Å². The number of halogens is 1. The summed E-state index contributed by atoms with van der Waals surface area (Å²) in [5.74, 6) is -0.527. The van der Waals surface area contributed by atoms with Crippen LogP contribution in [-0.4, -0.2) is 10.5 Å². The molecular formula is C18H17FN2O. The van der Waals surface area contributed by atoms with Gasteiger partial charge in [-0.2, -0.15) is 0 Å². The van der Waals surface area contributed by atoms with E-state index in [0.717, 1.165) is 16.5 Å². The van der Waals surface area contributed by atoms with Gasteiger partial charge in [-0.3, -0.25) is 4.79 Å². The fraction of sp³-hybridized carbons (Fsp3) is 0.167. The summed E-state index contributed by atoms with van der Waals surface area (Å²) < 4.78 is 15.6. The van der Waals surface area contributed by atoms with Crippen molar-refractivity contribution in [1.29, 1.82) is 0 Å². The summed E-state index contributed by atoms with van der Waals surface area (Å²) >= 11 is 0. The Labute approximate surface area is 128 Å². The zero-order valence-corrected chi connectivity index (χ0v) is 12.3. The van der Waals surface area contributed by atoms with Crippen molar-refractivity contribution in [1.82, 2.24) is 9.88 Å². The Balaban J connectivity index is 1.69. The Morgan fingerprint density at radius 2 is 1.82 bits per heavy atom. The summed E-state index contributed by atoms with van der Waals surface area (Å²) in [7, 11) is 1.98. The van der Waals surface area contributed by atoms with E-state index in [2.05, 4.69) is 5.32 Å². The first-order valence-electron chi connectivity index (χ1n) is 7.18. The Morgan fingerprint density at radius 1 is 1.09 bits per heavy atom. The van der Waals surface area contributed by atoms with Gasteiger partial charge in [-0.1, -0.05) is 36.4 Å². The van der Waals surface area contributed by atoms with Crippen LogP contribution in [0.5, 0.6) is 0 Å². The van der Waals surface area contributed by atoms with E-state index in [-0.39, 0.29) is 18.1 Å². The number of aromatic nitrogens is 1. The molecule has 0 saturated carbocycles. The van der Waals surface area contributed by atoms with E-state index < -0.39 is 0 Å². The molecule has 1 amide bonds. The van der Waals surface area contributed by atoms with Gasteiger partial charge in [0.15, 0.2) is 0 Å². The van der Waals surface area contributed by atoms with E-state index in [1.54, 1.807) is 18.2 Å². The molecule has 1 N–H and O–H groups in total. The predicted octanol–water partition coefficient (Wildman–Crippen LogP) is 3.18. The summed E-state index contributed by atoms with van der Waals surface area (Å²) in [6.07, 6.45) is 2.06. The standard InChI is InChI=1S/C18H17FN2O/c1-21-12-14(15-7-3-5-9-17(15)21)11-20-18(22)10-13-6-2-4-8-16(13)19/h2-9,12H,10-11H2,1H3,(H,20,22). The molecule has 0 aliphatic heterocycles. The third kappa shape index (κ3) is 2.86. The van der Waals surface area contributed by atoms with Gasteiger partial charge in [-0.25, -0.2) is 4.39 Å². The molecule has 3 rings (SSSR count). The molecule has 0 spiro atoms. The summed E-state index contributed by atoms with van der Waals surface area (Å²) in [4.78, 5) is 12.0. The van der Waals surface area contributed by atoms with Crippen molar-refractivity contribution in [3.8, 4) is 0 Å². The Kier molecular flexibility index (Phi) is 3.92. The van der Waals surface area contributed by atoms with Gasteiger partial charge in [0.05, 0.1) is 6.42 Å². The monoisotopic (exact) mass is 296 g/mol. The van der Waals surface area contributed by atoms with Crippen molar-refractivity contribution in [3.63, 3.8) is 0 Å². The number of carbonyl (C=O) groups is 1. The molecule has 2 aromatic carbocycles. The van der Waals surface area contributed by atoms with Gasteiger partial charge in [0.25, 0.3) is 0 Å². The zero-order valence-electron chi connectivity index (χ0n) is 12.3. The minimum Gasteiger partial charge on any atom is -0.352 e. The molecule has 1 heterocycles. The van der Waals surface area contributed by atoms with Crippen LogP contribution in [0, 0.1) is 5.82 Å². The Morgan fingerprint density at radius 3 is 2.64 bits per heavy atom. The van der Waals surface area contributed by atoms with Crippen molar-refractivity contribution < 1.29 is 9.18 Å². The highest BCUT2D eigenvalue weighted by Crippen LogP contribution is 2.20. The molecule has 0 radical (unpaired) electrons. The molecule has 22 heavy (non-hydrogen) atoms. The van der Waals surface area contributed by atoms with Gasteiger partial charge in [0.1, 0.15) is 5.82 Å². The largest absolute Gasteiger partial charge is 0.352 e. The normalized spacial score (nSPS) is 10.8. The lowest BCUT2D eigenvalue weighted by Gasteiger charge is -2.05. The van der Waals surface area contributed by atoms with Gasteiger partial charge in [0.2, 0.25) is 5.91 Å². The van der Waals surface area contributed by atoms with Crippen LogP contribution in [0.1, 0.15) is 11.1 Å². The molecular weight excluding hydrogens is 279 g/mol. The highest BCUT2D eigenvalue weighted by Gasteiger charge is 2.10. The van der Waals surface area contributed by atoms with Crippen LogP contribution < -0.4 is 5.32 Å². The van der Waals surface area contributed by atoms with E-state index >= 15 is 0 Å². The van der Waals surface area contributed by atoms with Gasteiger partial charge >= 0.3 is 0 Å². The van der Waals surface area contributed by atoms with E-state index in [1.165, 1.54) is 6.07 Å². The molecule has 4 heteroatoms. The lowest BCUT2D eigenvalue weighted by Crippen LogP contribution is -2.24. The number of rotatable bonds is 4. The number of fused-ring (bicyclic) bond motifs is 1. The van der Waals surface area contributed by atoms with Crippen LogP contribution >= 0.6 is 0 Å². The van der Waals surface area contributed by atoms with Gasteiger partial charge in [-0.15, -0.1) is 0 Å². The molecule has 0 bridgehead atoms. The number of hydrogen-bond donors (Lipinski definition) is 1. The maximum absolute atomic E-state index is 13.5.